The molecule has 0 fully saturated rings. The van der Waals surface area contributed by atoms with Gasteiger partial charge in [-0.15, -0.1) is 0 Å². The van der Waals surface area contributed by atoms with E-state index in [1.165, 1.54) is 31.2 Å². The normalized spacial score (nSPS) is 12.0. The summed E-state index contributed by atoms with van der Waals surface area (Å²) in [5, 5.41) is 18.1. The van der Waals surface area contributed by atoms with Gasteiger partial charge in [-0.3, -0.25) is 0 Å². The first-order valence-electron chi connectivity index (χ1n) is 6.40. The van der Waals surface area contributed by atoms with Crippen LogP contribution < -0.4 is 4.74 Å². The zero-order valence-electron chi connectivity index (χ0n) is 11.4. The fraction of sp³-hybridized carbons (Fsp3) is 0.188. The molecule has 0 radical (unpaired) electrons. The van der Waals surface area contributed by atoms with Crippen molar-refractivity contribution >= 4 is 5.97 Å². The summed E-state index contributed by atoms with van der Waals surface area (Å²) in [5.41, 5.74) is 1.19. The van der Waals surface area contributed by atoms with Crippen molar-refractivity contribution < 1.29 is 24.1 Å². The van der Waals surface area contributed by atoms with Gasteiger partial charge >= 0.3 is 5.97 Å². The van der Waals surface area contributed by atoms with Gasteiger partial charge in [0.05, 0.1) is 11.7 Å². The Kier molecular flexibility index (Phi) is 4.55. The average Bonchev–Trinajstić information content (AvgIpc) is 2.45. The second-order valence-corrected chi connectivity index (χ2v) is 4.65. The second-order valence-electron chi connectivity index (χ2n) is 4.65. The van der Waals surface area contributed by atoms with Crippen LogP contribution in [0.4, 0.5) is 4.39 Å². The summed E-state index contributed by atoms with van der Waals surface area (Å²) in [7, 11) is 0. The molecule has 5 heteroatoms. The van der Waals surface area contributed by atoms with Crippen LogP contribution in [-0.4, -0.2) is 16.2 Å². The Morgan fingerprint density at radius 1 is 1.24 bits per heavy atom. The minimum Gasteiger partial charge on any atom is -0.489 e. The zero-order valence-corrected chi connectivity index (χ0v) is 11.4. The van der Waals surface area contributed by atoms with Crippen molar-refractivity contribution in [2.24, 2.45) is 0 Å². The third-order valence-corrected chi connectivity index (χ3v) is 3.03. The van der Waals surface area contributed by atoms with Crippen molar-refractivity contribution in [2.75, 3.05) is 0 Å². The third-order valence-electron chi connectivity index (χ3n) is 3.03. The summed E-state index contributed by atoms with van der Waals surface area (Å²) in [5.74, 6) is -1.17. The van der Waals surface area contributed by atoms with Gasteiger partial charge in [0.15, 0.2) is 0 Å². The number of rotatable bonds is 5. The molecule has 1 unspecified atom stereocenters. The van der Waals surface area contributed by atoms with Crippen molar-refractivity contribution in [3.05, 3.63) is 65.0 Å². The van der Waals surface area contributed by atoms with Gasteiger partial charge in [-0.2, -0.15) is 0 Å². The van der Waals surface area contributed by atoms with Gasteiger partial charge in [-0.25, -0.2) is 9.18 Å². The monoisotopic (exact) mass is 290 g/mol. The molecular weight excluding hydrogens is 275 g/mol. The number of carboxylic acid groups (broad SMARTS) is 1. The fourth-order valence-electron chi connectivity index (χ4n) is 1.85. The van der Waals surface area contributed by atoms with Crippen LogP contribution in [0.3, 0.4) is 0 Å². The Morgan fingerprint density at radius 3 is 2.43 bits per heavy atom. The molecule has 2 N–H and O–H groups in total. The number of carboxylic acids is 1. The van der Waals surface area contributed by atoms with E-state index in [9.17, 15) is 14.3 Å². The maximum Gasteiger partial charge on any atom is 0.335 e. The molecule has 0 bridgehead atoms. The van der Waals surface area contributed by atoms with E-state index in [-0.39, 0.29) is 17.7 Å². The Bertz CT molecular complexity index is 635. The molecule has 2 aromatic rings. The maximum atomic E-state index is 13.7. The predicted octanol–water partition coefficient (Wildman–Crippen LogP) is 3.16. The number of halogens is 1. The highest BCUT2D eigenvalue weighted by molar-refractivity contribution is 5.87. The lowest BCUT2D eigenvalue weighted by Crippen LogP contribution is -2.00. The number of carbonyl (C=O) groups is 1. The Labute approximate surface area is 121 Å². The molecule has 21 heavy (non-hydrogen) atoms. The summed E-state index contributed by atoms with van der Waals surface area (Å²) in [4.78, 5) is 10.7. The lowest BCUT2D eigenvalue weighted by Gasteiger charge is -2.10. The highest BCUT2D eigenvalue weighted by Crippen LogP contribution is 2.22. The quantitative estimate of drug-likeness (QED) is 0.887. The van der Waals surface area contributed by atoms with E-state index in [0.29, 0.717) is 5.75 Å². The standard InChI is InChI=1S/C16H15FO4/c1-10(18)14-7-6-13(8-15(14)17)21-9-11-2-4-12(5-3-11)16(19)20/h2-8,10,18H,9H2,1H3,(H,19,20). The minimum atomic E-state index is -0.988. The Morgan fingerprint density at radius 2 is 1.90 bits per heavy atom. The Hall–Kier alpha value is -2.40. The molecule has 2 aromatic carbocycles. The number of hydrogen-bond acceptors (Lipinski definition) is 3. The minimum absolute atomic E-state index is 0.200. The second kappa shape index (κ2) is 6.37. The lowest BCUT2D eigenvalue weighted by molar-refractivity contribution is 0.0697. The average molecular weight is 290 g/mol. The number of aromatic carboxylic acids is 1. The lowest BCUT2D eigenvalue weighted by atomic mass is 10.1. The van der Waals surface area contributed by atoms with Gasteiger partial charge in [0.2, 0.25) is 0 Å². The van der Waals surface area contributed by atoms with E-state index in [0.717, 1.165) is 5.56 Å². The largest absolute Gasteiger partial charge is 0.489 e. The van der Waals surface area contributed by atoms with Crippen LogP contribution in [0.1, 0.15) is 34.5 Å². The van der Waals surface area contributed by atoms with Crippen molar-refractivity contribution in [2.45, 2.75) is 19.6 Å². The highest BCUT2D eigenvalue weighted by Gasteiger charge is 2.09. The summed E-state index contributed by atoms with van der Waals surface area (Å²) in [6.45, 7) is 1.69. The fourth-order valence-corrected chi connectivity index (χ4v) is 1.85. The van der Waals surface area contributed by atoms with Gasteiger partial charge in [-0.1, -0.05) is 12.1 Å². The van der Waals surface area contributed by atoms with Crippen LogP contribution in [0.15, 0.2) is 42.5 Å². The topological polar surface area (TPSA) is 66.8 Å². The van der Waals surface area contributed by atoms with E-state index < -0.39 is 17.9 Å². The van der Waals surface area contributed by atoms with Crippen LogP contribution in [0.2, 0.25) is 0 Å². The molecule has 0 aromatic heterocycles. The molecule has 0 aliphatic rings. The molecule has 0 aliphatic carbocycles. The summed E-state index contributed by atoms with van der Waals surface area (Å²) in [6.07, 6.45) is -0.873. The predicted molar refractivity (Wildman–Crippen MR) is 74.8 cm³/mol. The first kappa shape index (κ1) is 15.0. The molecule has 4 nitrogen and oxygen atoms in total. The van der Waals surface area contributed by atoms with Crippen molar-refractivity contribution in [3.8, 4) is 5.75 Å². The van der Waals surface area contributed by atoms with Crippen LogP contribution in [0.5, 0.6) is 5.75 Å². The van der Waals surface area contributed by atoms with Gasteiger partial charge in [-0.05, 0) is 36.8 Å². The molecule has 0 saturated heterocycles. The first-order chi connectivity index (χ1) is 9.97. The molecule has 1 atom stereocenters. The molecule has 2 rings (SSSR count). The van der Waals surface area contributed by atoms with Crippen molar-refractivity contribution in [1.29, 1.82) is 0 Å². The molecule has 0 heterocycles. The van der Waals surface area contributed by atoms with E-state index in [1.54, 1.807) is 18.2 Å². The van der Waals surface area contributed by atoms with Crippen LogP contribution in [-0.2, 0) is 6.61 Å². The van der Waals surface area contributed by atoms with E-state index in [4.69, 9.17) is 9.84 Å². The molecule has 0 aliphatic heterocycles. The van der Waals surface area contributed by atoms with Crippen LogP contribution in [0, 0.1) is 5.82 Å². The van der Waals surface area contributed by atoms with E-state index in [1.807, 2.05) is 0 Å². The number of ether oxygens (including phenoxy) is 1. The first-order valence-corrected chi connectivity index (χ1v) is 6.40. The molecule has 0 spiro atoms. The van der Waals surface area contributed by atoms with Gasteiger partial charge in [0, 0.05) is 11.6 Å². The van der Waals surface area contributed by atoms with Gasteiger partial charge in [0.25, 0.3) is 0 Å². The van der Waals surface area contributed by atoms with Crippen molar-refractivity contribution in [1.82, 2.24) is 0 Å². The number of aliphatic hydroxyl groups is 1. The maximum absolute atomic E-state index is 13.7. The number of aliphatic hydroxyl groups excluding tert-OH is 1. The molecule has 0 amide bonds. The van der Waals surface area contributed by atoms with Gasteiger partial charge in [0.1, 0.15) is 18.2 Å². The van der Waals surface area contributed by atoms with Gasteiger partial charge < -0.3 is 14.9 Å². The summed E-state index contributed by atoms with van der Waals surface area (Å²) < 4.78 is 19.1. The van der Waals surface area contributed by atoms with Crippen molar-refractivity contribution in [3.63, 3.8) is 0 Å². The number of benzene rings is 2. The highest BCUT2D eigenvalue weighted by atomic mass is 19.1. The summed E-state index contributed by atoms with van der Waals surface area (Å²) >= 11 is 0. The Balaban J connectivity index is 2.02. The molecule has 110 valence electrons. The van der Waals surface area contributed by atoms with Crippen LogP contribution >= 0.6 is 0 Å². The third kappa shape index (κ3) is 3.79. The van der Waals surface area contributed by atoms with E-state index in [2.05, 4.69) is 0 Å². The molecular formula is C16H15FO4. The smallest absolute Gasteiger partial charge is 0.335 e. The number of hydrogen-bond donors (Lipinski definition) is 2. The summed E-state index contributed by atoms with van der Waals surface area (Å²) in [6, 6.07) is 10.5. The van der Waals surface area contributed by atoms with Crippen LogP contribution in [0.25, 0.3) is 0 Å². The zero-order chi connectivity index (χ0) is 15.4. The molecule has 0 saturated carbocycles. The van der Waals surface area contributed by atoms with E-state index >= 15 is 0 Å². The SMILES string of the molecule is CC(O)c1ccc(OCc2ccc(C(=O)O)cc2)cc1F.